The first-order valence-electron chi connectivity index (χ1n) is 10.3. The highest BCUT2D eigenvalue weighted by Crippen LogP contribution is 2.33. The Morgan fingerprint density at radius 3 is 2.23 bits per heavy atom. The predicted molar refractivity (Wildman–Crippen MR) is 115 cm³/mol. The van der Waals surface area contributed by atoms with Crippen molar-refractivity contribution in [1.82, 2.24) is 14.8 Å². The molecule has 1 aromatic carbocycles. The van der Waals surface area contributed by atoms with Gasteiger partial charge < -0.3 is 9.80 Å². The van der Waals surface area contributed by atoms with Crippen molar-refractivity contribution in [3.63, 3.8) is 0 Å². The van der Waals surface area contributed by atoms with Crippen LogP contribution in [0.3, 0.4) is 0 Å². The maximum atomic E-state index is 12.8. The third-order valence-electron chi connectivity index (χ3n) is 5.52. The van der Waals surface area contributed by atoms with E-state index in [1.165, 1.54) is 0 Å². The highest BCUT2D eigenvalue weighted by molar-refractivity contribution is 6.33. The van der Waals surface area contributed by atoms with Crippen LogP contribution in [0.15, 0.2) is 36.5 Å². The summed E-state index contributed by atoms with van der Waals surface area (Å²) in [5, 5.41) is -0.0432. The van der Waals surface area contributed by atoms with E-state index in [-0.39, 0.29) is 10.9 Å². The number of nitrogens with zero attached hydrogens (tertiary/aromatic N) is 4. The maximum absolute atomic E-state index is 12.8. The van der Waals surface area contributed by atoms with Crippen molar-refractivity contribution in [2.45, 2.75) is 26.6 Å². The van der Waals surface area contributed by atoms with Crippen LogP contribution in [0.25, 0.3) is 0 Å². The molecule has 2 heterocycles. The molecule has 0 aliphatic carbocycles. The van der Waals surface area contributed by atoms with Crippen molar-refractivity contribution in [3.8, 4) is 0 Å². The molecule has 0 bridgehead atoms. The molecule has 0 radical (unpaired) electrons. The molecule has 1 aromatic heterocycles. The first-order valence-corrected chi connectivity index (χ1v) is 10.7. The summed E-state index contributed by atoms with van der Waals surface area (Å²) in [4.78, 5) is 22.6. The first kappa shape index (κ1) is 23.3. The molecule has 1 aliphatic rings. The Kier molecular flexibility index (Phi) is 7.43. The zero-order valence-electron chi connectivity index (χ0n) is 17.6. The van der Waals surface area contributed by atoms with E-state index in [4.69, 9.17) is 11.6 Å². The summed E-state index contributed by atoms with van der Waals surface area (Å²) in [6, 6.07) is 8.55. The highest BCUT2D eigenvalue weighted by atomic mass is 35.5. The molecular formula is C22H26ClF3N4O. The van der Waals surface area contributed by atoms with Crippen LogP contribution in [0.2, 0.25) is 5.02 Å². The molecule has 1 aliphatic heterocycles. The summed E-state index contributed by atoms with van der Waals surface area (Å²) >= 11 is 6.05. The zero-order valence-corrected chi connectivity index (χ0v) is 18.4. The van der Waals surface area contributed by atoms with E-state index in [9.17, 15) is 18.0 Å². The SMILES string of the molecule is CCN(CC)Cc1ccc(C(=O)N2CCN(c3ncc(C(F)(F)F)cc3Cl)CC2)cc1. The topological polar surface area (TPSA) is 39.7 Å². The molecule has 0 N–H and O–H groups in total. The normalized spacial score (nSPS) is 14.9. The standard InChI is InChI=1S/C22H26ClF3N4O/c1-3-28(4-2)15-16-5-7-17(8-6-16)21(31)30-11-9-29(10-12-30)20-19(23)13-18(14-27-20)22(24,25)26/h5-8,13-14H,3-4,9-12,15H2,1-2H3. The fourth-order valence-corrected chi connectivity index (χ4v) is 3.87. The van der Waals surface area contributed by atoms with Gasteiger partial charge in [-0.05, 0) is 36.9 Å². The monoisotopic (exact) mass is 454 g/mol. The minimum Gasteiger partial charge on any atom is -0.352 e. The van der Waals surface area contributed by atoms with Crippen molar-refractivity contribution in [1.29, 1.82) is 0 Å². The van der Waals surface area contributed by atoms with E-state index >= 15 is 0 Å². The van der Waals surface area contributed by atoms with Gasteiger partial charge in [-0.2, -0.15) is 13.2 Å². The number of amides is 1. The van der Waals surface area contributed by atoms with Crippen molar-refractivity contribution in [2.24, 2.45) is 0 Å². The van der Waals surface area contributed by atoms with Crippen molar-refractivity contribution >= 4 is 23.3 Å². The molecule has 2 aromatic rings. The molecule has 0 unspecified atom stereocenters. The van der Waals surface area contributed by atoms with E-state index in [0.29, 0.717) is 37.6 Å². The number of hydrogen-bond donors (Lipinski definition) is 0. The molecule has 9 heteroatoms. The number of pyridine rings is 1. The lowest BCUT2D eigenvalue weighted by atomic mass is 10.1. The number of alkyl halides is 3. The fraction of sp³-hybridized carbons (Fsp3) is 0.455. The van der Waals surface area contributed by atoms with Crippen LogP contribution < -0.4 is 4.90 Å². The van der Waals surface area contributed by atoms with Crippen LogP contribution in [0, 0.1) is 0 Å². The average Bonchev–Trinajstić information content (AvgIpc) is 2.77. The van der Waals surface area contributed by atoms with Gasteiger partial charge in [0.15, 0.2) is 0 Å². The molecule has 31 heavy (non-hydrogen) atoms. The first-order chi connectivity index (χ1) is 14.7. The van der Waals surface area contributed by atoms with Crippen LogP contribution in [-0.4, -0.2) is 60.0 Å². The number of benzene rings is 1. The van der Waals surface area contributed by atoms with Crippen LogP contribution in [0.1, 0.15) is 35.3 Å². The Balaban J connectivity index is 1.60. The van der Waals surface area contributed by atoms with Gasteiger partial charge in [0.1, 0.15) is 5.82 Å². The molecule has 0 spiro atoms. The Bertz CT molecular complexity index is 893. The summed E-state index contributed by atoms with van der Waals surface area (Å²) in [6.07, 6.45) is -3.69. The summed E-state index contributed by atoms with van der Waals surface area (Å²) < 4.78 is 38.4. The van der Waals surface area contributed by atoms with Crippen molar-refractivity contribution in [2.75, 3.05) is 44.2 Å². The van der Waals surface area contributed by atoms with Crippen LogP contribution >= 0.6 is 11.6 Å². The van der Waals surface area contributed by atoms with Crippen LogP contribution in [0.5, 0.6) is 0 Å². The second-order valence-corrected chi connectivity index (χ2v) is 7.87. The lowest BCUT2D eigenvalue weighted by molar-refractivity contribution is -0.137. The Labute approximate surface area is 185 Å². The third kappa shape index (κ3) is 5.68. The molecule has 1 amide bonds. The smallest absolute Gasteiger partial charge is 0.352 e. The summed E-state index contributed by atoms with van der Waals surface area (Å²) in [7, 11) is 0. The lowest BCUT2D eigenvalue weighted by Gasteiger charge is -2.36. The Morgan fingerprint density at radius 2 is 1.71 bits per heavy atom. The zero-order chi connectivity index (χ0) is 22.6. The van der Waals surface area contributed by atoms with E-state index in [1.807, 2.05) is 24.3 Å². The quantitative estimate of drug-likeness (QED) is 0.641. The van der Waals surface area contributed by atoms with Gasteiger partial charge in [0, 0.05) is 44.5 Å². The van der Waals surface area contributed by atoms with Gasteiger partial charge in [-0.15, -0.1) is 0 Å². The molecular weight excluding hydrogens is 429 g/mol. The second kappa shape index (κ2) is 9.87. The van der Waals surface area contributed by atoms with Gasteiger partial charge in [-0.3, -0.25) is 9.69 Å². The summed E-state index contributed by atoms with van der Waals surface area (Å²) in [5.74, 6) is 0.253. The number of aromatic nitrogens is 1. The van der Waals surface area contributed by atoms with Crippen LogP contribution in [-0.2, 0) is 12.7 Å². The molecule has 1 saturated heterocycles. The number of piperazine rings is 1. The third-order valence-corrected chi connectivity index (χ3v) is 5.80. The maximum Gasteiger partial charge on any atom is 0.417 e. The van der Waals surface area contributed by atoms with E-state index in [1.54, 1.807) is 9.80 Å². The van der Waals surface area contributed by atoms with Gasteiger partial charge in [0.2, 0.25) is 0 Å². The number of rotatable bonds is 6. The van der Waals surface area contributed by atoms with E-state index in [2.05, 4.69) is 23.7 Å². The average molecular weight is 455 g/mol. The molecule has 1 fully saturated rings. The lowest BCUT2D eigenvalue weighted by Crippen LogP contribution is -2.49. The van der Waals surface area contributed by atoms with Gasteiger partial charge in [0.25, 0.3) is 5.91 Å². The van der Waals surface area contributed by atoms with Crippen LogP contribution in [0.4, 0.5) is 19.0 Å². The molecule has 0 saturated carbocycles. The fourth-order valence-electron chi connectivity index (χ4n) is 3.58. The Morgan fingerprint density at radius 1 is 1.10 bits per heavy atom. The number of anilines is 1. The molecule has 5 nitrogen and oxygen atoms in total. The Hall–Kier alpha value is -2.32. The van der Waals surface area contributed by atoms with E-state index in [0.717, 1.165) is 37.5 Å². The minimum atomic E-state index is -4.48. The largest absolute Gasteiger partial charge is 0.417 e. The second-order valence-electron chi connectivity index (χ2n) is 7.46. The van der Waals surface area contributed by atoms with Gasteiger partial charge in [-0.25, -0.2) is 4.98 Å². The molecule has 168 valence electrons. The van der Waals surface area contributed by atoms with E-state index < -0.39 is 11.7 Å². The summed E-state index contributed by atoms with van der Waals surface area (Å²) in [5.41, 5.74) is 0.912. The number of carbonyl (C=O) groups excluding carboxylic acids is 1. The molecule has 0 atom stereocenters. The molecule has 3 rings (SSSR count). The highest BCUT2D eigenvalue weighted by Gasteiger charge is 2.32. The number of hydrogen-bond acceptors (Lipinski definition) is 4. The van der Waals surface area contributed by atoms with Gasteiger partial charge >= 0.3 is 6.18 Å². The summed E-state index contributed by atoms with van der Waals surface area (Å²) in [6.45, 7) is 8.81. The van der Waals surface area contributed by atoms with Gasteiger partial charge in [-0.1, -0.05) is 37.6 Å². The van der Waals surface area contributed by atoms with Gasteiger partial charge in [0.05, 0.1) is 10.6 Å². The number of halogens is 4. The van der Waals surface area contributed by atoms with Crippen molar-refractivity contribution in [3.05, 3.63) is 58.2 Å². The minimum absolute atomic E-state index is 0.0432. The predicted octanol–water partition coefficient (Wildman–Crippen LogP) is 4.56. The van der Waals surface area contributed by atoms with Crippen molar-refractivity contribution < 1.29 is 18.0 Å². The number of carbonyl (C=O) groups is 1.